The van der Waals surface area contributed by atoms with Crippen molar-refractivity contribution in [2.45, 2.75) is 30.5 Å². The van der Waals surface area contributed by atoms with E-state index in [0.717, 1.165) is 27.9 Å². The number of rotatable bonds is 2. The van der Waals surface area contributed by atoms with Crippen molar-refractivity contribution >= 4 is 11.8 Å². The van der Waals surface area contributed by atoms with Gasteiger partial charge < -0.3 is 4.52 Å². The molecule has 0 spiro atoms. The lowest BCUT2D eigenvalue weighted by molar-refractivity contribution is 0.365. The van der Waals surface area contributed by atoms with Crippen LogP contribution in [0.25, 0.3) is 17.2 Å². The van der Waals surface area contributed by atoms with Gasteiger partial charge in [-0.05, 0) is 12.1 Å². The van der Waals surface area contributed by atoms with Crippen molar-refractivity contribution in [3.05, 3.63) is 36.2 Å². The summed E-state index contributed by atoms with van der Waals surface area (Å²) in [5.41, 5.74) is 2.92. The molecule has 4 heterocycles. The van der Waals surface area contributed by atoms with Crippen LogP contribution in [0.5, 0.6) is 0 Å². The monoisotopic (exact) mass is 299 g/mol. The lowest BCUT2D eigenvalue weighted by atomic mass is 10.2. The highest BCUT2D eigenvalue weighted by Crippen LogP contribution is 2.36. The van der Waals surface area contributed by atoms with Gasteiger partial charge in [-0.1, -0.05) is 30.8 Å². The van der Waals surface area contributed by atoms with E-state index in [9.17, 15) is 0 Å². The average molecular weight is 299 g/mol. The molecule has 1 aliphatic heterocycles. The van der Waals surface area contributed by atoms with Gasteiger partial charge in [-0.2, -0.15) is 4.98 Å². The fourth-order valence-electron chi connectivity index (χ4n) is 2.29. The van der Waals surface area contributed by atoms with Gasteiger partial charge in [0.2, 0.25) is 11.7 Å². The van der Waals surface area contributed by atoms with Gasteiger partial charge in [0.15, 0.2) is 0 Å². The minimum absolute atomic E-state index is 0.212. The number of imidazole rings is 1. The van der Waals surface area contributed by atoms with Crippen LogP contribution in [0.4, 0.5) is 0 Å². The summed E-state index contributed by atoms with van der Waals surface area (Å²) in [6.07, 6.45) is 3.61. The zero-order valence-corrected chi connectivity index (χ0v) is 12.5. The van der Waals surface area contributed by atoms with E-state index < -0.39 is 0 Å². The molecule has 106 valence electrons. The zero-order chi connectivity index (χ0) is 14.4. The van der Waals surface area contributed by atoms with Gasteiger partial charge in [0, 0.05) is 17.9 Å². The average Bonchev–Trinajstić information content (AvgIpc) is 3.13. The van der Waals surface area contributed by atoms with Gasteiger partial charge in [0.05, 0.1) is 11.4 Å². The van der Waals surface area contributed by atoms with Crippen LogP contribution < -0.4 is 0 Å². The second kappa shape index (κ2) is 4.70. The molecule has 0 fully saturated rings. The fraction of sp³-hybridized carbons (Fsp3) is 0.286. The van der Waals surface area contributed by atoms with Gasteiger partial charge in [-0.25, -0.2) is 9.97 Å². The first-order valence-corrected chi connectivity index (χ1v) is 7.71. The van der Waals surface area contributed by atoms with E-state index in [1.165, 1.54) is 0 Å². The maximum Gasteiger partial charge on any atom is 0.229 e. The van der Waals surface area contributed by atoms with E-state index >= 15 is 0 Å². The third-order valence-electron chi connectivity index (χ3n) is 3.37. The Morgan fingerprint density at radius 3 is 3.05 bits per heavy atom. The molecule has 0 N–H and O–H groups in total. The van der Waals surface area contributed by atoms with E-state index in [2.05, 4.69) is 24.7 Å². The SMILES string of the molecule is CC(C)c1nc(-c2ncn3c2CSc2ncccc2-3)no1. The fourth-order valence-corrected chi connectivity index (χ4v) is 3.28. The molecule has 0 bridgehead atoms. The molecule has 6 nitrogen and oxygen atoms in total. The van der Waals surface area contributed by atoms with Gasteiger partial charge in [-0.15, -0.1) is 0 Å². The highest BCUT2D eigenvalue weighted by Gasteiger charge is 2.24. The highest BCUT2D eigenvalue weighted by molar-refractivity contribution is 7.98. The molecule has 0 atom stereocenters. The topological polar surface area (TPSA) is 69.6 Å². The summed E-state index contributed by atoms with van der Waals surface area (Å²) < 4.78 is 7.34. The zero-order valence-electron chi connectivity index (χ0n) is 11.6. The number of thioether (sulfide) groups is 1. The molecule has 0 aliphatic carbocycles. The Balaban J connectivity index is 1.82. The summed E-state index contributed by atoms with van der Waals surface area (Å²) in [7, 11) is 0. The summed E-state index contributed by atoms with van der Waals surface area (Å²) in [5, 5.41) is 5.08. The second-order valence-corrected chi connectivity index (χ2v) is 6.10. The predicted octanol–water partition coefficient (Wildman–Crippen LogP) is 3.05. The third-order valence-corrected chi connectivity index (χ3v) is 4.38. The van der Waals surface area contributed by atoms with Crippen LogP contribution in [0.15, 0.2) is 34.2 Å². The van der Waals surface area contributed by atoms with Crippen molar-refractivity contribution in [3.63, 3.8) is 0 Å². The Labute approximate surface area is 125 Å². The lowest BCUT2D eigenvalue weighted by Crippen LogP contribution is -2.06. The minimum Gasteiger partial charge on any atom is -0.339 e. The quantitative estimate of drug-likeness (QED) is 0.724. The molecule has 0 amide bonds. The van der Waals surface area contributed by atoms with Crippen LogP contribution in [0.3, 0.4) is 0 Å². The van der Waals surface area contributed by atoms with Crippen LogP contribution in [-0.2, 0) is 5.75 Å². The normalized spacial score (nSPS) is 13.3. The Morgan fingerprint density at radius 2 is 2.24 bits per heavy atom. The van der Waals surface area contributed by atoms with E-state index in [4.69, 9.17) is 4.52 Å². The van der Waals surface area contributed by atoms with Gasteiger partial charge in [-0.3, -0.25) is 4.57 Å². The number of fused-ring (bicyclic) bond motifs is 3. The Bertz CT molecular complexity index is 807. The largest absolute Gasteiger partial charge is 0.339 e. The minimum atomic E-state index is 0.212. The van der Waals surface area contributed by atoms with Crippen molar-refractivity contribution < 1.29 is 4.52 Å². The van der Waals surface area contributed by atoms with E-state index in [1.54, 1.807) is 18.1 Å². The molecule has 0 unspecified atom stereocenters. The Kier molecular flexibility index (Phi) is 2.81. The third kappa shape index (κ3) is 1.96. The summed E-state index contributed by atoms with van der Waals surface area (Å²) in [4.78, 5) is 13.3. The molecule has 4 rings (SSSR count). The molecule has 7 heteroatoms. The number of pyridine rings is 1. The molecule has 0 saturated heterocycles. The highest BCUT2D eigenvalue weighted by atomic mass is 32.2. The Morgan fingerprint density at radius 1 is 1.33 bits per heavy atom. The Hall–Kier alpha value is -2.15. The molecule has 0 saturated carbocycles. The second-order valence-electron chi connectivity index (χ2n) is 5.14. The van der Waals surface area contributed by atoms with Gasteiger partial charge >= 0.3 is 0 Å². The molecule has 0 radical (unpaired) electrons. The predicted molar refractivity (Wildman–Crippen MR) is 78.3 cm³/mol. The van der Waals surface area contributed by atoms with E-state index in [0.29, 0.717) is 11.7 Å². The first-order valence-electron chi connectivity index (χ1n) is 6.72. The molecule has 3 aromatic heterocycles. The molecular formula is C14H13N5OS. The molecule has 0 aromatic carbocycles. The van der Waals surface area contributed by atoms with Crippen LogP contribution in [0.1, 0.15) is 31.4 Å². The molecule has 3 aromatic rings. The summed E-state index contributed by atoms with van der Waals surface area (Å²) in [5.74, 6) is 2.20. The molecular weight excluding hydrogens is 286 g/mol. The lowest BCUT2D eigenvalue weighted by Gasteiger charge is -2.17. The first kappa shape index (κ1) is 12.6. The van der Waals surface area contributed by atoms with Crippen LogP contribution in [0.2, 0.25) is 0 Å². The summed E-state index contributed by atoms with van der Waals surface area (Å²) in [6.45, 7) is 4.05. The number of nitrogens with zero attached hydrogens (tertiary/aromatic N) is 5. The summed E-state index contributed by atoms with van der Waals surface area (Å²) >= 11 is 1.70. The van der Waals surface area contributed by atoms with Crippen LogP contribution in [0, 0.1) is 0 Å². The summed E-state index contributed by atoms with van der Waals surface area (Å²) in [6, 6.07) is 3.97. The van der Waals surface area contributed by atoms with Gasteiger partial charge in [0.1, 0.15) is 17.0 Å². The smallest absolute Gasteiger partial charge is 0.229 e. The van der Waals surface area contributed by atoms with Crippen molar-refractivity contribution in [2.75, 3.05) is 0 Å². The van der Waals surface area contributed by atoms with E-state index in [-0.39, 0.29) is 5.92 Å². The maximum absolute atomic E-state index is 5.28. The van der Waals surface area contributed by atoms with Crippen LogP contribution >= 0.6 is 11.8 Å². The first-order chi connectivity index (χ1) is 10.2. The van der Waals surface area contributed by atoms with Crippen molar-refractivity contribution in [1.82, 2.24) is 24.7 Å². The maximum atomic E-state index is 5.28. The number of hydrogen-bond donors (Lipinski definition) is 0. The van der Waals surface area contributed by atoms with E-state index in [1.807, 2.05) is 32.2 Å². The van der Waals surface area contributed by atoms with Gasteiger partial charge in [0.25, 0.3) is 0 Å². The standard InChI is InChI=1S/C14H13N5OS/c1-8(2)13-17-12(18-20-13)11-10-6-21-14-9(4-3-5-15-14)19(10)7-16-11/h3-5,7-8H,6H2,1-2H3. The van der Waals surface area contributed by atoms with Crippen LogP contribution in [-0.4, -0.2) is 24.7 Å². The number of aromatic nitrogens is 5. The van der Waals surface area contributed by atoms with Crippen molar-refractivity contribution in [2.24, 2.45) is 0 Å². The van der Waals surface area contributed by atoms with Crippen molar-refractivity contribution in [3.8, 4) is 17.2 Å². The van der Waals surface area contributed by atoms with Crippen molar-refractivity contribution in [1.29, 1.82) is 0 Å². The molecule has 21 heavy (non-hydrogen) atoms. The molecule has 1 aliphatic rings. The number of hydrogen-bond acceptors (Lipinski definition) is 6.